The largest absolute Gasteiger partial charge is 0.342 e. The fourth-order valence-corrected chi connectivity index (χ4v) is 3.70. The summed E-state index contributed by atoms with van der Waals surface area (Å²) in [7, 11) is 1.93. The van der Waals surface area contributed by atoms with Crippen molar-refractivity contribution in [3.8, 4) is 0 Å². The number of thioether (sulfide) groups is 1. The highest BCUT2D eigenvalue weighted by atomic mass is 32.2. The van der Waals surface area contributed by atoms with Crippen molar-refractivity contribution in [2.45, 2.75) is 37.7 Å². The standard InChI is InChI=1S/C21H24N4OS/c1-14-9-11-17(12-10-14)13-27-21-24-23-19(25(21)4)16(3)22-20(26)18-8-6-5-7-15(18)2/h5-12,16H,13H2,1-4H3,(H,22,26). The molecule has 0 aliphatic heterocycles. The number of carbonyl (C=O) groups excluding carboxylic acids is 1. The van der Waals surface area contributed by atoms with E-state index in [1.165, 1.54) is 11.1 Å². The van der Waals surface area contributed by atoms with Crippen LogP contribution in [0.3, 0.4) is 0 Å². The van der Waals surface area contributed by atoms with Crippen LogP contribution in [0.5, 0.6) is 0 Å². The first-order valence-corrected chi connectivity index (χ1v) is 9.88. The second-order valence-corrected chi connectivity index (χ2v) is 7.63. The Morgan fingerprint density at radius 3 is 2.52 bits per heavy atom. The van der Waals surface area contributed by atoms with Gasteiger partial charge in [0.1, 0.15) is 0 Å². The maximum absolute atomic E-state index is 12.5. The topological polar surface area (TPSA) is 59.8 Å². The smallest absolute Gasteiger partial charge is 0.252 e. The van der Waals surface area contributed by atoms with E-state index in [2.05, 4.69) is 46.7 Å². The quantitative estimate of drug-likeness (QED) is 0.651. The van der Waals surface area contributed by atoms with E-state index in [9.17, 15) is 4.79 Å². The second kappa shape index (κ2) is 8.39. The molecule has 1 N–H and O–H groups in total. The third-order valence-electron chi connectivity index (χ3n) is 4.48. The Hall–Kier alpha value is -2.60. The number of nitrogens with one attached hydrogen (secondary N) is 1. The number of amides is 1. The van der Waals surface area contributed by atoms with Crippen LogP contribution in [0.4, 0.5) is 0 Å². The lowest BCUT2D eigenvalue weighted by Gasteiger charge is -2.14. The van der Waals surface area contributed by atoms with Crippen LogP contribution in [0, 0.1) is 13.8 Å². The van der Waals surface area contributed by atoms with E-state index in [1.807, 2.05) is 49.7 Å². The number of aromatic nitrogens is 3. The number of carbonyl (C=O) groups is 1. The highest BCUT2D eigenvalue weighted by Gasteiger charge is 2.19. The molecule has 1 aromatic heterocycles. The maximum atomic E-state index is 12.5. The van der Waals surface area contributed by atoms with Gasteiger partial charge in [0.25, 0.3) is 5.91 Å². The third kappa shape index (κ3) is 4.57. The molecule has 0 bridgehead atoms. The third-order valence-corrected chi connectivity index (χ3v) is 5.57. The normalized spacial score (nSPS) is 12.0. The van der Waals surface area contributed by atoms with Gasteiger partial charge < -0.3 is 9.88 Å². The average Bonchev–Trinajstić information content (AvgIpc) is 3.02. The maximum Gasteiger partial charge on any atom is 0.252 e. The van der Waals surface area contributed by atoms with Crippen molar-refractivity contribution in [3.05, 3.63) is 76.6 Å². The van der Waals surface area contributed by atoms with Crippen LogP contribution in [0.25, 0.3) is 0 Å². The molecule has 6 heteroatoms. The van der Waals surface area contributed by atoms with Crippen molar-refractivity contribution in [1.29, 1.82) is 0 Å². The lowest BCUT2D eigenvalue weighted by atomic mass is 10.1. The fraction of sp³-hybridized carbons (Fsp3) is 0.286. The van der Waals surface area contributed by atoms with Crippen molar-refractivity contribution in [1.82, 2.24) is 20.1 Å². The number of rotatable bonds is 6. The summed E-state index contributed by atoms with van der Waals surface area (Å²) in [5.74, 6) is 1.47. The van der Waals surface area contributed by atoms with Gasteiger partial charge in [0.15, 0.2) is 11.0 Å². The van der Waals surface area contributed by atoms with Crippen LogP contribution in [-0.4, -0.2) is 20.7 Å². The van der Waals surface area contributed by atoms with Crippen molar-refractivity contribution in [2.75, 3.05) is 0 Å². The Kier molecular flexibility index (Phi) is 5.96. The van der Waals surface area contributed by atoms with Gasteiger partial charge in [-0.25, -0.2) is 0 Å². The minimum Gasteiger partial charge on any atom is -0.342 e. The van der Waals surface area contributed by atoms with Crippen LogP contribution in [0.1, 0.15) is 45.8 Å². The summed E-state index contributed by atoms with van der Waals surface area (Å²) in [6.07, 6.45) is 0. The number of aryl methyl sites for hydroxylation is 2. The Labute approximate surface area is 164 Å². The van der Waals surface area contributed by atoms with Gasteiger partial charge in [-0.1, -0.05) is 59.8 Å². The van der Waals surface area contributed by atoms with Crippen LogP contribution >= 0.6 is 11.8 Å². The van der Waals surface area contributed by atoms with E-state index in [-0.39, 0.29) is 11.9 Å². The Balaban J connectivity index is 1.66. The first-order chi connectivity index (χ1) is 13.0. The summed E-state index contributed by atoms with van der Waals surface area (Å²) in [5, 5.41) is 12.4. The van der Waals surface area contributed by atoms with Crippen LogP contribution < -0.4 is 5.32 Å². The Morgan fingerprint density at radius 1 is 1.11 bits per heavy atom. The van der Waals surface area contributed by atoms with E-state index >= 15 is 0 Å². The molecule has 0 aliphatic rings. The van der Waals surface area contributed by atoms with Gasteiger partial charge in [0.2, 0.25) is 0 Å². The lowest BCUT2D eigenvalue weighted by molar-refractivity contribution is 0.0937. The van der Waals surface area contributed by atoms with Gasteiger partial charge in [0, 0.05) is 18.4 Å². The molecule has 3 aromatic rings. The van der Waals surface area contributed by atoms with E-state index in [0.717, 1.165) is 22.3 Å². The first kappa shape index (κ1) is 19.2. The molecular formula is C21H24N4OS. The minimum absolute atomic E-state index is 0.0996. The molecule has 27 heavy (non-hydrogen) atoms. The molecule has 0 radical (unpaired) electrons. The number of nitrogens with zero attached hydrogens (tertiary/aromatic N) is 3. The van der Waals surface area contributed by atoms with Crippen molar-refractivity contribution in [3.63, 3.8) is 0 Å². The van der Waals surface area contributed by atoms with Gasteiger partial charge in [-0.3, -0.25) is 4.79 Å². The molecule has 5 nitrogen and oxygen atoms in total. The number of benzene rings is 2. The highest BCUT2D eigenvalue weighted by molar-refractivity contribution is 7.98. The summed E-state index contributed by atoms with van der Waals surface area (Å²) in [6, 6.07) is 15.8. The fourth-order valence-electron chi connectivity index (χ4n) is 2.83. The van der Waals surface area contributed by atoms with E-state index < -0.39 is 0 Å². The van der Waals surface area contributed by atoms with Crippen LogP contribution in [0.15, 0.2) is 53.7 Å². The summed E-state index contributed by atoms with van der Waals surface area (Å²) in [4.78, 5) is 12.5. The molecule has 0 saturated carbocycles. The van der Waals surface area contributed by atoms with Crippen LogP contribution in [-0.2, 0) is 12.8 Å². The lowest BCUT2D eigenvalue weighted by Crippen LogP contribution is -2.29. The summed E-state index contributed by atoms with van der Waals surface area (Å²) < 4.78 is 1.95. The number of hydrogen-bond donors (Lipinski definition) is 1. The molecule has 0 spiro atoms. The van der Waals surface area contributed by atoms with Crippen molar-refractivity contribution >= 4 is 17.7 Å². The molecule has 0 aliphatic carbocycles. The molecule has 2 aromatic carbocycles. The molecule has 1 atom stereocenters. The zero-order valence-electron chi connectivity index (χ0n) is 16.1. The van der Waals surface area contributed by atoms with Crippen molar-refractivity contribution < 1.29 is 4.79 Å². The van der Waals surface area contributed by atoms with Gasteiger partial charge >= 0.3 is 0 Å². The predicted molar refractivity (Wildman–Crippen MR) is 109 cm³/mol. The average molecular weight is 381 g/mol. The van der Waals surface area contributed by atoms with Gasteiger partial charge in [-0.2, -0.15) is 0 Å². The highest BCUT2D eigenvalue weighted by Crippen LogP contribution is 2.23. The second-order valence-electron chi connectivity index (χ2n) is 6.68. The molecule has 3 rings (SSSR count). The van der Waals surface area contributed by atoms with Crippen molar-refractivity contribution in [2.24, 2.45) is 7.05 Å². The molecule has 1 heterocycles. The van der Waals surface area contributed by atoms with Gasteiger partial charge in [-0.05, 0) is 38.0 Å². The monoisotopic (exact) mass is 380 g/mol. The molecule has 1 unspecified atom stereocenters. The molecular weight excluding hydrogens is 356 g/mol. The summed E-state index contributed by atoms with van der Waals surface area (Å²) >= 11 is 1.64. The predicted octanol–water partition coefficient (Wildman–Crippen LogP) is 4.22. The van der Waals surface area contributed by atoms with Gasteiger partial charge in [0.05, 0.1) is 6.04 Å². The Bertz CT molecular complexity index is 934. The molecule has 0 fully saturated rings. The zero-order valence-corrected chi connectivity index (χ0v) is 16.9. The zero-order chi connectivity index (χ0) is 19.4. The Morgan fingerprint density at radius 2 is 1.81 bits per heavy atom. The number of hydrogen-bond acceptors (Lipinski definition) is 4. The SMILES string of the molecule is Cc1ccc(CSc2nnc(C(C)NC(=O)c3ccccc3C)n2C)cc1. The van der Waals surface area contributed by atoms with E-state index in [1.54, 1.807) is 11.8 Å². The summed E-state index contributed by atoms with van der Waals surface area (Å²) in [5.41, 5.74) is 4.13. The molecule has 1 amide bonds. The first-order valence-electron chi connectivity index (χ1n) is 8.90. The van der Waals surface area contributed by atoms with Gasteiger partial charge in [-0.15, -0.1) is 10.2 Å². The molecule has 0 saturated heterocycles. The van der Waals surface area contributed by atoms with E-state index in [0.29, 0.717) is 5.56 Å². The summed E-state index contributed by atoms with van der Waals surface area (Å²) in [6.45, 7) is 5.94. The molecule has 140 valence electrons. The van der Waals surface area contributed by atoms with Crippen LogP contribution in [0.2, 0.25) is 0 Å². The van der Waals surface area contributed by atoms with E-state index in [4.69, 9.17) is 0 Å². The minimum atomic E-state index is -0.233.